The van der Waals surface area contributed by atoms with Crippen molar-refractivity contribution in [3.05, 3.63) is 61.2 Å². The van der Waals surface area contributed by atoms with Crippen molar-refractivity contribution in [2.24, 2.45) is 5.10 Å². The van der Waals surface area contributed by atoms with E-state index in [0.717, 1.165) is 11.3 Å². The van der Waals surface area contributed by atoms with Crippen LogP contribution in [0.15, 0.2) is 60.7 Å². The van der Waals surface area contributed by atoms with E-state index in [1.165, 1.54) is 17.2 Å². The monoisotopic (exact) mass is 436 g/mol. The maximum Gasteiger partial charge on any atom is 0.177 e. The van der Waals surface area contributed by atoms with Crippen molar-refractivity contribution < 1.29 is 20.1 Å². The van der Waals surface area contributed by atoms with Gasteiger partial charge in [0.25, 0.3) is 0 Å². The number of imidazole rings is 2. The third-order valence-corrected chi connectivity index (χ3v) is 5.23. The molecule has 1 aliphatic heterocycles. The second kappa shape index (κ2) is 8.43. The number of hydrogen-bond acceptors (Lipinski definition) is 10. The largest absolute Gasteiger partial charge is 0.394 e. The van der Waals surface area contributed by atoms with Gasteiger partial charge in [0.1, 0.15) is 24.6 Å². The summed E-state index contributed by atoms with van der Waals surface area (Å²) in [5.74, 6) is 0.367. The first-order valence-corrected chi connectivity index (χ1v) is 9.83. The van der Waals surface area contributed by atoms with E-state index in [1.54, 1.807) is 18.7 Å². The summed E-state index contributed by atoms with van der Waals surface area (Å²) >= 11 is 0. The van der Waals surface area contributed by atoms with E-state index < -0.39 is 31.1 Å². The number of benzene rings is 1. The minimum absolute atomic E-state index is 0.367. The standard InChI is InChI=1S/C20H20N8O4/c29-8-14-16(30)17(31)20(32-14)28-11-24-15-18(22-9-23-19(15)28)26-25-7-12-1-3-13(4-2-12)27-6-5-21-10-27/h1-7,9-11,14,16-17,20,29-31H,8H2,(H,22,23,26)/b25-7+/t14-,16?,17?,20-/m1/s1. The first-order chi connectivity index (χ1) is 15.7. The highest BCUT2D eigenvalue weighted by molar-refractivity contribution is 5.84. The third kappa shape index (κ3) is 3.61. The number of aliphatic hydroxyl groups excluding tert-OH is 3. The molecule has 1 saturated heterocycles. The summed E-state index contributed by atoms with van der Waals surface area (Å²) in [7, 11) is 0. The van der Waals surface area contributed by atoms with Gasteiger partial charge in [-0.1, -0.05) is 12.1 Å². The summed E-state index contributed by atoms with van der Waals surface area (Å²) in [6.07, 6.45) is 5.44. The van der Waals surface area contributed by atoms with E-state index in [2.05, 4.69) is 30.5 Å². The Kier molecular flexibility index (Phi) is 5.33. The number of aliphatic hydroxyl groups is 3. The van der Waals surface area contributed by atoms with Crippen molar-refractivity contribution in [2.45, 2.75) is 24.5 Å². The van der Waals surface area contributed by atoms with Gasteiger partial charge in [-0.25, -0.2) is 19.9 Å². The predicted octanol–water partition coefficient (Wildman–Crippen LogP) is 0.0695. The average Bonchev–Trinajstić information content (AvgIpc) is 3.55. The summed E-state index contributed by atoms with van der Waals surface area (Å²) in [5, 5.41) is 33.8. The molecule has 0 bridgehead atoms. The number of aromatic nitrogens is 6. The number of hydrazone groups is 1. The van der Waals surface area contributed by atoms with Gasteiger partial charge < -0.3 is 24.6 Å². The van der Waals surface area contributed by atoms with E-state index in [0.29, 0.717) is 17.0 Å². The minimum Gasteiger partial charge on any atom is -0.394 e. The molecule has 1 aliphatic rings. The average molecular weight is 436 g/mol. The second-order valence-corrected chi connectivity index (χ2v) is 7.21. The van der Waals surface area contributed by atoms with Gasteiger partial charge in [-0.2, -0.15) is 5.10 Å². The second-order valence-electron chi connectivity index (χ2n) is 7.21. The molecule has 12 heteroatoms. The van der Waals surface area contributed by atoms with Crippen molar-refractivity contribution in [1.82, 2.24) is 29.1 Å². The maximum atomic E-state index is 10.3. The molecular formula is C20H20N8O4. The maximum absolute atomic E-state index is 10.3. The summed E-state index contributed by atoms with van der Waals surface area (Å²) < 4.78 is 8.95. The molecule has 1 aromatic carbocycles. The fourth-order valence-electron chi connectivity index (χ4n) is 3.54. The van der Waals surface area contributed by atoms with Gasteiger partial charge >= 0.3 is 0 Å². The van der Waals surface area contributed by atoms with Crippen LogP contribution in [0, 0.1) is 0 Å². The topological polar surface area (TPSA) is 156 Å². The first-order valence-electron chi connectivity index (χ1n) is 9.83. The number of anilines is 1. The van der Waals surface area contributed by atoms with Gasteiger partial charge in [0.15, 0.2) is 23.2 Å². The zero-order valence-electron chi connectivity index (χ0n) is 16.7. The molecule has 0 spiro atoms. The van der Waals surface area contributed by atoms with Gasteiger partial charge in [0, 0.05) is 18.1 Å². The summed E-state index contributed by atoms with van der Waals surface area (Å²) in [6.45, 7) is -0.416. The number of nitrogens with zero attached hydrogens (tertiary/aromatic N) is 7. The molecule has 0 radical (unpaired) electrons. The molecule has 5 rings (SSSR count). The van der Waals surface area contributed by atoms with Crippen LogP contribution in [0.1, 0.15) is 11.8 Å². The SMILES string of the molecule is OC[C@H]1O[C@@H](n2cnc3c(N/N=C/c4ccc(-n5ccnc5)cc4)ncnc32)C(O)C1O. The van der Waals surface area contributed by atoms with Crippen molar-refractivity contribution >= 4 is 23.2 Å². The Morgan fingerprint density at radius 2 is 1.94 bits per heavy atom. The molecule has 4 atom stereocenters. The first kappa shape index (κ1) is 20.2. The molecule has 2 unspecified atom stereocenters. The van der Waals surface area contributed by atoms with Crippen LogP contribution in [0.25, 0.3) is 16.9 Å². The fourth-order valence-corrected chi connectivity index (χ4v) is 3.54. The van der Waals surface area contributed by atoms with Crippen molar-refractivity contribution in [2.75, 3.05) is 12.0 Å². The number of ether oxygens (including phenoxy) is 1. The van der Waals surface area contributed by atoms with Gasteiger partial charge in [0.05, 0.1) is 25.5 Å². The lowest BCUT2D eigenvalue weighted by Crippen LogP contribution is -2.33. The van der Waals surface area contributed by atoms with Crippen molar-refractivity contribution in [3.63, 3.8) is 0 Å². The normalized spacial score (nSPS) is 23.3. The highest BCUT2D eigenvalue weighted by Crippen LogP contribution is 2.32. The minimum atomic E-state index is -1.24. The van der Waals surface area contributed by atoms with Gasteiger partial charge in [0.2, 0.25) is 0 Å². The van der Waals surface area contributed by atoms with Gasteiger partial charge in [-0.05, 0) is 17.7 Å². The highest BCUT2D eigenvalue weighted by atomic mass is 16.6. The van der Waals surface area contributed by atoms with Crippen LogP contribution >= 0.6 is 0 Å². The predicted molar refractivity (Wildman–Crippen MR) is 113 cm³/mol. The fraction of sp³-hybridized carbons (Fsp3) is 0.250. The number of nitrogens with one attached hydrogen (secondary N) is 1. The molecule has 0 aliphatic carbocycles. The summed E-state index contributed by atoms with van der Waals surface area (Å²) in [4.78, 5) is 16.7. The summed E-state index contributed by atoms with van der Waals surface area (Å²) in [6, 6.07) is 7.75. The lowest BCUT2D eigenvalue weighted by molar-refractivity contribution is -0.0511. The van der Waals surface area contributed by atoms with Crippen LogP contribution in [0.2, 0.25) is 0 Å². The lowest BCUT2D eigenvalue weighted by Gasteiger charge is -2.16. The lowest BCUT2D eigenvalue weighted by atomic mass is 10.1. The Morgan fingerprint density at radius 1 is 1.09 bits per heavy atom. The van der Waals surface area contributed by atoms with E-state index >= 15 is 0 Å². The third-order valence-electron chi connectivity index (χ3n) is 5.23. The Hall–Kier alpha value is -3.71. The number of hydrogen-bond donors (Lipinski definition) is 4. The Morgan fingerprint density at radius 3 is 2.66 bits per heavy atom. The van der Waals surface area contributed by atoms with Crippen molar-refractivity contribution in [1.29, 1.82) is 0 Å². The number of rotatable bonds is 6. The quantitative estimate of drug-likeness (QED) is 0.243. The molecular weight excluding hydrogens is 416 g/mol. The van der Waals surface area contributed by atoms with Crippen LogP contribution in [0.4, 0.5) is 5.82 Å². The smallest absolute Gasteiger partial charge is 0.177 e. The van der Waals surface area contributed by atoms with Crippen LogP contribution in [-0.4, -0.2) is 75.5 Å². The van der Waals surface area contributed by atoms with Crippen LogP contribution in [0.5, 0.6) is 0 Å². The number of fused-ring (bicyclic) bond motifs is 1. The Balaban J connectivity index is 1.33. The van der Waals surface area contributed by atoms with Crippen molar-refractivity contribution in [3.8, 4) is 5.69 Å². The van der Waals surface area contributed by atoms with Gasteiger partial charge in [-0.3, -0.25) is 9.99 Å². The summed E-state index contributed by atoms with van der Waals surface area (Å²) in [5.41, 5.74) is 5.52. The molecule has 4 heterocycles. The van der Waals surface area contributed by atoms with E-state index in [-0.39, 0.29) is 0 Å². The van der Waals surface area contributed by atoms with Gasteiger partial charge in [-0.15, -0.1) is 0 Å². The molecule has 164 valence electrons. The molecule has 3 aromatic heterocycles. The Labute approximate surface area is 181 Å². The van der Waals surface area contributed by atoms with E-state index in [1.807, 2.05) is 35.0 Å². The van der Waals surface area contributed by atoms with Crippen LogP contribution < -0.4 is 5.43 Å². The zero-order chi connectivity index (χ0) is 22.1. The molecule has 1 fully saturated rings. The van der Waals surface area contributed by atoms with E-state index in [9.17, 15) is 15.3 Å². The molecule has 12 nitrogen and oxygen atoms in total. The molecule has 4 N–H and O–H groups in total. The molecule has 4 aromatic rings. The molecule has 0 amide bonds. The zero-order valence-corrected chi connectivity index (χ0v) is 16.7. The van der Waals surface area contributed by atoms with Crippen LogP contribution in [-0.2, 0) is 4.74 Å². The molecule has 32 heavy (non-hydrogen) atoms. The molecule has 0 saturated carbocycles. The van der Waals surface area contributed by atoms with Crippen LogP contribution in [0.3, 0.4) is 0 Å². The van der Waals surface area contributed by atoms with E-state index in [4.69, 9.17) is 4.74 Å². The highest BCUT2D eigenvalue weighted by Gasteiger charge is 2.44. The Bertz CT molecular complexity index is 1220.